The van der Waals surface area contributed by atoms with Gasteiger partial charge in [-0.3, -0.25) is 0 Å². The van der Waals surface area contributed by atoms with Crippen LogP contribution in [0.2, 0.25) is 0 Å². The summed E-state index contributed by atoms with van der Waals surface area (Å²) in [5, 5.41) is 4.05. The summed E-state index contributed by atoms with van der Waals surface area (Å²) in [5.41, 5.74) is 0. The van der Waals surface area contributed by atoms with Crippen LogP contribution in [-0.4, -0.2) is 27.8 Å². The highest BCUT2D eigenvalue weighted by atomic mass is 16.5. The van der Waals surface area contributed by atoms with Gasteiger partial charge in [-0.1, -0.05) is 13.8 Å². The number of aromatic nitrogens is 3. The van der Waals surface area contributed by atoms with E-state index in [1.54, 1.807) is 11.0 Å². The lowest BCUT2D eigenvalue weighted by atomic mass is 10.2. The molecule has 0 radical (unpaired) electrons. The van der Waals surface area contributed by atoms with Crippen LogP contribution >= 0.6 is 0 Å². The van der Waals surface area contributed by atoms with Crippen LogP contribution in [0, 0.1) is 0 Å². The summed E-state index contributed by atoms with van der Waals surface area (Å²) in [6, 6.07) is 0.306. The molecule has 0 amide bonds. The molecule has 0 atom stereocenters. The van der Waals surface area contributed by atoms with E-state index in [0.717, 1.165) is 12.8 Å². The quantitative estimate of drug-likeness (QED) is 0.685. The largest absolute Gasteiger partial charge is 0.463 e. The number of hydrogen-bond donors (Lipinski definition) is 0. The van der Waals surface area contributed by atoms with Gasteiger partial charge in [-0.2, -0.15) is 0 Å². The Kier molecular flexibility index (Phi) is 3.62. The second-order valence-corrected chi connectivity index (χ2v) is 3.01. The fourth-order valence-corrected chi connectivity index (χ4v) is 1.30. The molecular formula is C9H15N3O2. The van der Waals surface area contributed by atoms with Crippen molar-refractivity contribution in [2.75, 3.05) is 7.11 Å². The third-order valence-electron chi connectivity index (χ3n) is 2.19. The molecule has 5 heteroatoms. The first-order valence-electron chi connectivity index (χ1n) is 4.72. The molecule has 0 aliphatic carbocycles. The number of esters is 1. The van der Waals surface area contributed by atoms with Crippen molar-refractivity contribution in [2.45, 2.75) is 32.7 Å². The van der Waals surface area contributed by atoms with Gasteiger partial charge in [0.05, 0.1) is 13.2 Å². The van der Waals surface area contributed by atoms with E-state index in [4.69, 9.17) is 0 Å². The summed E-state index contributed by atoms with van der Waals surface area (Å²) in [5.74, 6) is -0.367. The Morgan fingerprint density at radius 3 is 2.71 bits per heavy atom. The fourth-order valence-electron chi connectivity index (χ4n) is 1.30. The maximum atomic E-state index is 11.1. The molecule has 0 saturated carbocycles. The Morgan fingerprint density at radius 1 is 1.57 bits per heavy atom. The van der Waals surface area contributed by atoms with Crippen LogP contribution in [0.4, 0.5) is 0 Å². The monoisotopic (exact) mass is 197 g/mol. The minimum atomic E-state index is -0.491. The molecule has 0 spiro atoms. The number of methoxy groups -OCH3 is 1. The molecule has 1 rings (SSSR count). The molecule has 0 aliphatic heterocycles. The predicted molar refractivity (Wildman–Crippen MR) is 51.0 cm³/mol. The molecule has 0 bridgehead atoms. The second kappa shape index (κ2) is 4.74. The Bertz CT molecular complexity index is 305. The summed E-state index contributed by atoms with van der Waals surface area (Å²) >= 11 is 0. The van der Waals surface area contributed by atoms with Crippen molar-refractivity contribution in [1.82, 2.24) is 14.8 Å². The van der Waals surface area contributed by atoms with Crippen molar-refractivity contribution in [1.29, 1.82) is 0 Å². The Hall–Kier alpha value is -1.39. The Labute approximate surface area is 83.1 Å². The molecule has 0 unspecified atom stereocenters. The number of ether oxygens (including phenoxy) is 1. The van der Waals surface area contributed by atoms with Crippen LogP contribution in [0.15, 0.2) is 6.33 Å². The zero-order chi connectivity index (χ0) is 10.6. The van der Waals surface area contributed by atoms with Crippen molar-refractivity contribution in [2.24, 2.45) is 0 Å². The minimum absolute atomic E-state index is 0.124. The first-order valence-corrected chi connectivity index (χ1v) is 4.72. The van der Waals surface area contributed by atoms with Gasteiger partial charge in [-0.05, 0) is 12.8 Å². The van der Waals surface area contributed by atoms with Gasteiger partial charge in [0.15, 0.2) is 0 Å². The maximum Gasteiger partial charge on any atom is 0.377 e. The lowest BCUT2D eigenvalue weighted by molar-refractivity contribution is 0.0586. The molecule has 1 aromatic heterocycles. The molecule has 0 saturated heterocycles. The van der Waals surface area contributed by atoms with Crippen LogP contribution in [0.5, 0.6) is 0 Å². The number of rotatable bonds is 4. The normalized spacial score (nSPS) is 10.6. The van der Waals surface area contributed by atoms with Gasteiger partial charge in [0, 0.05) is 0 Å². The second-order valence-electron chi connectivity index (χ2n) is 3.01. The van der Waals surface area contributed by atoms with E-state index >= 15 is 0 Å². The molecule has 0 N–H and O–H groups in total. The van der Waals surface area contributed by atoms with Gasteiger partial charge in [-0.15, -0.1) is 5.10 Å². The van der Waals surface area contributed by atoms with Gasteiger partial charge in [0.1, 0.15) is 6.33 Å². The third kappa shape index (κ3) is 2.10. The zero-order valence-electron chi connectivity index (χ0n) is 8.73. The summed E-state index contributed by atoms with van der Waals surface area (Å²) < 4.78 is 6.23. The molecule has 0 aromatic carbocycles. The van der Waals surface area contributed by atoms with E-state index in [-0.39, 0.29) is 5.82 Å². The Morgan fingerprint density at radius 2 is 2.21 bits per heavy atom. The van der Waals surface area contributed by atoms with Crippen molar-refractivity contribution in [3.63, 3.8) is 0 Å². The molecule has 1 heterocycles. The molecule has 5 nitrogen and oxygen atoms in total. The SMILES string of the molecule is CCC(CC)n1cnc(C(=O)OC)n1. The van der Waals surface area contributed by atoms with E-state index < -0.39 is 5.97 Å². The van der Waals surface area contributed by atoms with Crippen molar-refractivity contribution < 1.29 is 9.53 Å². The first-order chi connectivity index (χ1) is 6.72. The summed E-state index contributed by atoms with van der Waals surface area (Å²) in [6.45, 7) is 4.15. The smallest absolute Gasteiger partial charge is 0.377 e. The van der Waals surface area contributed by atoms with Crippen molar-refractivity contribution in [3.8, 4) is 0 Å². The number of carbonyl (C=O) groups excluding carboxylic acids is 1. The number of carbonyl (C=O) groups is 1. The predicted octanol–water partition coefficient (Wildman–Crippen LogP) is 1.43. The van der Waals surface area contributed by atoms with E-state index in [1.807, 2.05) is 0 Å². The maximum absolute atomic E-state index is 11.1. The Balaban J connectivity index is 2.81. The number of nitrogens with zero attached hydrogens (tertiary/aromatic N) is 3. The molecule has 78 valence electrons. The van der Waals surface area contributed by atoms with Crippen LogP contribution in [0.1, 0.15) is 43.3 Å². The first kappa shape index (κ1) is 10.7. The van der Waals surface area contributed by atoms with Crippen LogP contribution < -0.4 is 0 Å². The average Bonchev–Trinajstić information content (AvgIpc) is 2.68. The lowest BCUT2D eigenvalue weighted by Crippen LogP contribution is -2.10. The summed E-state index contributed by atoms with van der Waals surface area (Å²) in [7, 11) is 1.32. The van der Waals surface area contributed by atoms with E-state index in [1.165, 1.54) is 7.11 Å². The molecule has 0 aliphatic rings. The molecular weight excluding hydrogens is 182 g/mol. The summed E-state index contributed by atoms with van der Waals surface area (Å²) in [6.07, 6.45) is 3.52. The van der Waals surface area contributed by atoms with Gasteiger partial charge in [-0.25, -0.2) is 14.5 Å². The number of hydrogen-bond acceptors (Lipinski definition) is 4. The van der Waals surface area contributed by atoms with Gasteiger partial charge >= 0.3 is 5.97 Å². The minimum Gasteiger partial charge on any atom is -0.463 e. The zero-order valence-corrected chi connectivity index (χ0v) is 8.73. The van der Waals surface area contributed by atoms with E-state index in [2.05, 4.69) is 28.7 Å². The van der Waals surface area contributed by atoms with Gasteiger partial charge in [0.2, 0.25) is 0 Å². The summed E-state index contributed by atoms with van der Waals surface area (Å²) in [4.78, 5) is 14.9. The van der Waals surface area contributed by atoms with Crippen LogP contribution in [0.3, 0.4) is 0 Å². The third-order valence-corrected chi connectivity index (χ3v) is 2.19. The van der Waals surface area contributed by atoms with Crippen molar-refractivity contribution in [3.05, 3.63) is 12.2 Å². The van der Waals surface area contributed by atoms with Crippen LogP contribution in [0.25, 0.3) is 0 Å². The fraction of sp³-hybridized carbons (Fsp3) is 0.667. The van der Waals surface area contributed by atoms with Crippen LogP contribution in [-0.2, 0) is 4.74 Å². The van der Waals surface area contributed by atoms with Gasteiger partial charge in [0.25, 0.3) is 5.82 Å². The standard InChI is InChI=1S/C9H15N3O2/c1-4-7(5-2)12-6-10-8(11-12)9(13)14-3/h6-7H,4-5H2,1-3H3. The van der Waals surface area contributed by atoms with Crippen molar-refractivity contribution >= 4 is 5.97 Å². The van der Waals surface area contributed by atoms with E-state index in [0.29, 0.717) is 6.04 Å². The van der Waals surface area contributed by atoms with E-state index in [9.17, 15) is 4.79 Å². The topological polar surface area (TPSA) is 57.0 Å². The molecule has 1 aromatic rings. The molecule has 0 fully saturated rings. The molecule has 14 heavy (non-hydrogen) atoms. The van der Waals surface area contributed by atoms with Gasteiger partial charge < -0.3 is 4.74 Å². The average molecular weight is 197 g/mol. The highest BCUT2D eigenvalue weighted by Gasteiger charge is 2.14. The highest BCUT2D eigenvalue weighted by Crippen LogP contribution is 2.13. The highest BCUT2D eigenvalue weighted by molar-refractivity contribution is 5.84. The lowest BCUT2D eigenvalue weighted by Gasteiger charge is -2.10.